The standard InChI is InChI=1S/C13H18N4/c14-9-10-5-3-4-8-17(10)13-15-11-6-1-2-7-12(11)16-13/h1-2,6-7,10H,3-5,8-9,14H2,(H,15,16)/t10-/m1/s1. The van der Waals surface area contributed by atoms with Gasteiger partial charge in [0.1, 0.15) is 0 Å². The van der Waals surface area contributed by atoms with Gasteiger partial charge >= 0.3 is 0 Å². The molecular weight excluding hydrogens is 212 g/mol. The van der Waals surface area contributed by atoms with Crippen molar-refractivity contribution in [3.63, 3.8) is 0 Å². The summed E-state index contributed by atoms with van der Waals surface area (Å²) in [6, 6.07) is 8.58. The lowest BCUT2D eigenvalue weighted by Gasteiger charge is -2.34. The Balaban J connectivity index is 1.96. The Morgan fingerprint density at radius 1 is 1.35 bits per heavy atom. The Labute approximate surface area is 101 Å². The normalized spacial score (nSPS) is 21.0. The van der Waals surface area contributed by atoms with Crippen LogP contribution in [0, 0.1) is 0 Å². The van der Waals surface area contributed by atoms with Gasteiger partial charge in [-0.2, -0.15) is 0 Å². The number of imidazole rings is 1. The Morgan fingerprint density at radius 2 is 2.24 bits per heavy atom. The summed E-state index contributed by atoms with van der Waals surface area (Å²) in [7, 11) is 0. The molecule has 1 fully saturated rings. The Hall–Kier alpha value is -1.55. The Bertz CT molecular complexity index is 472. The summed E-state index contributed by atoms with van der Waals surface area (Å²) in [5.74, 6) is 0.973. The van der Waals surface area contributed by atoms with Gasteiger partial charge in [-0.3, -0.25) is 0 Å². The van der Waals surface area contributed by atoms with Crippen LogP contribution in [-0.4, -0.2) is 29.1 Å². The fourth-order valence-corrected chi connectivity index (χ4v) is 2.60. The zero-order chi connectivity index (χ0) is 11.7. The average molecular weight is 230 g/mol. The van der Waals surface area contributed by atoms with Crippen LogP contribution in [0.15, 0.2) is 24.3 Å². The summed E-state index contributed by atoms with van der Waals surface area (Å²) in [5.41, 5.74) is 7.97. The summed E-state index contributed by atoms with van der Waals surface area (Å²) >= 11 is 0. The number of aromatic nitrogens is 2. The zero-order valence-corrected chi connectivity index (χ0v) is 9.89. The summed E-state index contributed by atoms with van der Waals surface area (Å²) in [5, 5.41) is 0. The first kappa shape index (κ1) is 10.6. The molecule has 1 atom stereocenters. The molecule has 1 saturated heterocycles. The molecule has 4 heteroatoms. The fraction of sp³-hybridized carbons (Fsp3) is 0.462. The first-order valence-corrected chi connectivity index (χ1v) is 6.30. The van der Waals surface area contributed by atoms with Crippen molar-refractivity contribution < 1.29 is 0 Å². The number of nitrogens with zero attached hydrogens (tertiary/aromatic N) is 2. The number of aromatic amines is 1. The van der Waals surface area contributed by atoms with Gasteiger partial charge in [0.25, 0.3) is 0 Å². The van der Waals surface area contributed by atoms with Gasteiger partial charge in [0.15, 0.2) is 0 Å². The third kappa shape index (κ3) is 1.89. The number of benzene rings is 1. The number of H-pyrrole nitrogens is 1. The van der Waals surface area contributed by atoms with Gasteiger partial charge in [-0.15, -0.1) is 0 Å². The van der Waals surface area contributed by atoms with Crippen molar-refractivity contribution in [2.75, 3.05) is 18.0 Å². The molecule has 0 unspecified atom stereocenters. The van der Waals surface area contributed by atoms with E-state index in [1.165, 1.54) is 19.3 Å². The van der Waals surface area contributed by atoms with Crippen LogP contribution in [0.5, 0.6) is 0 Å². The smallest absolute Gasteiger partial charge is 0.204 e. The van der Waals surface area contributed by atoms with Gasteiger partial charge < -0.3 is 15.6 Å². The van der Waals surface area contributed by atoms with Crippen molar-refractivity contribution in [2.45, 2.75) is 25.3 Å². The first-order chi connectivity index (χ1) is 8.38. The second-order valence-corrected chi connectivity index (χ2v) is 4.66. The van der Waals surface area contributed by atoms with Crippen LogP contribution in [0.25, 0.3) is 11.0 Å². The molecule has 3 N–H and O–H groups in total. The van der Waals surface area contributed by atoms with Gasteiger partial charge in [0, 0.05) is 19.1 Å². The van der Waals surface area contributed by atoms with Gasteiger partial charge in [-0.05, 0) is 31.4 Å². The molecule has 90 valence electrons. The van der Waals surface area contributed by atoms with E-state index in [1.54, 1.807) is 0 Å². The molecule has 3 rings (SSSR count). The molecule has 4 nitrogen and oxygen atoms in total. The van der Waals surface area contributed by atoms with Crippen molar-refractivity contribution in [1.29, 1.82) is 0 Å². The maximum absolute atomic E-state index is 5.84. The highest BCUT2D eigenvalue weighted by Gasteiger charge is 2.23. The molecule has 1 aromatic heterocycles. The first-order valence-electron chi connectivity index (χ1n) is 6.30. The topological polar surface area (TPSA) is 57.9 Å². The molecule has 1 aliphatic rings. The summed E-state index contributed by atoms with van der Waals surface area (Å²) in [6.07, 6.45) is 3.68. The van der Waals surface area contributed by atoms with Crippen molar-refractivity contribution >= 4 is 17.0 Å². The fourth-order valence-electron chi connectivity index (χ4n) is 2.60. The number of piperidine rings is 1. The summed E-state index contributed by atoms with van der Waals surface area (Å²) in [6.45, 7) is 1.76. The minimum absolute atomic E-state index is 0.435. The second kappa shape index (κ2) is 4.37. The number of nitrogens with two attached hydrogens (primary N) is 1. The van der Waals surface area contributed by atoms with Crippen LogP contribution in [0.2, 0.25) is 0 Å². The van der Waals surface area contributed by atoms with E-state index in [0.29, 0.717) is 12.6 Å². The van der Waals surface area contributed by atoms with E-state index in [2.05, 4.69) is 20.9 Å². The van der Waals surface area contributed by atoms with E-state index in [9.17, 15) is 0 Å². The molecule has 0 bridgehead atoms. The monoisotopic (exact) mass is 230 g/mol. The zero-order valence-electron chi connectivity index (χ0n) is 9.89. The Kier molecular flexibility index (Phi) is 2.73. The van der Waals surface area contributed by atoms with Crippen LogP contribution in [0.3, 0.4) is 0 Å². The van der Waals surface area contributed by atoms with E-state index in [-0.39, 0.29) is 0 Å². The molecule has 2 heterocycles. The highest BCUT2D eigenvalue weighted by atomic mass is 15.3. The quantitative estimate of drug-likeness (QED) is 0.828. The predicted octanol–water partition coefficient (Wildman–Crippen LogP) is 1.88. The molecule has 1 aliphatic heterocycles. The SMILES string of the molecule is NC[C@H]1CCCCN1c1nc2ccccc2[nH]1. The van der Waals surface area contributed by atoms with Gasteiger partial charge in [0.2, 0.25) is 5.95 Å². The Morgan fingerprint density at radius 3 is 3.06 bits per heavy atom. The predicted molar refractivity (Wildman–Crippen MR) is 70.1 cm³/mol. The number of anilines is 1. The molecule has 0 radical (unpaired) electrons. The lowest BCUT2D eigenvalue weighted by molar-refractivity contribution is 0.459. The lowest BCUT2D eigenvalue weighted by Crippen LogP contribution is -2.44. The van der Waals surface area contributed by atoms with Crippen molar-refractivity contribution in [2.24, 2.45) is 5.73 Å². The van der Waals surface area contributed by atoms with Crippen molar-refractivity contribution in [3.8, 4) is 0 Å². The van der Waals surface area contributed by atoms with E-state index in [1.807, 2.05) is 18.2 Å². The third-order valence-corrected chi connectivity index (χ3v) is 3.55. The van der Waals surface area contributed by atoms with E-state index < -0.39 is 0 Å². The van der Waals surface area contributed by atoms with Crippen molar-refractivity contribution in [1.82, 2.24) is 9.97 Å². The molecule has 2 aromatic rings. The van der Waals surface area contributed by atoms with Crippen molar-refractivity contribution in [3.05, 3.63) is 24.3 Å². The maximum Gasteiger partial charge on any atom is 0.204 e. The van der Waals surface area contributed by atoms with Crippen LogP contribution in [0.1, 0.15) is 19.3 Å². The molecule has 0 spiro atoms. The molecular formula is C13H18N4. The number of hydrogen-bond acceptors (Lipinski definition) is 3. The number of rotatable bonds is 2. The second-order valence-electron chi connectivity index (χ2n) is 4.66. The number of nitrogens with one attached hydrogen (secondary N) is 1. The number of fused-ring (bicyclic) bond motifs is 1. The average Bonchev–Trinajstić information content (AvgIpc) is 2.82. The van der Waals surface area contributed by atoms with Gasteiger partial charge in [0.05, 0.1) is 11.0 Å². The number of para-hydroxylation sites is 2. The molecule has 0 amide bonds. The molecule has 0 aliphatic carbocycles. The molecule has 0 saturated carbocycles. The molecule has 1 aromatic carbocycles. The lowest BCUT2D eigenvalue weighted by atomic mass is 10.0. The molecule has 17 heavy (non-hydrogen) atoms. The largest absolute Gasteiger partial charge is 0.338 e. The van der Waals surface area contributed by atoms with Crippen LogP contribution in [-0.2, 0) is 0 Å². The third-order valence-electron chi connectivity index (χ3n) is 3.55. The summed E-state index contributed by atoms with van der Waals surface area (Å²) < 4.78 is 0. The van der Waals surface area contributed by atoms with Gasteiger partial charge in [-0.25, -0.2) is 4.98 Å². The van der Waals surface area contributed by atoms with Crippen LogP contribution >= 0.6 is 0 Å². The number of hydrogen-bond donors (Lipinski definition) is 2. The highest BCUT2D eigenvalue weighted by Crippen LogP contribution is 2.24. The van der Waals surface area contributed by atoms with E-state index in [0.717, 1.165) is 23.5 Å². The summed E-state index contributed by atoms with van der Waals surface area (Å²) in [4.78, 5) is 10.4. The highest BCUT2D eigenvalue weighted by molar-refractivity contribution is 5.77. The van der Waals surface area contributed by atoms with Crippen LogP contribution in [0.4, 0.5) is 5.95 Å². The maximum atomic E-state index is 5.84. The minimum Gasteiger partial charge on any atom is -0.338 e. The van der Waals surface area contributed by atoms with Crippen LogP contribution < -0.4 is 10.6 Å². The van der Waals surface area contributed by atoms with Gasteiger partial charge in [-0.1, -0.05) is 12.1 Å². The minimum atomic E-state index is 0.435. The van der Waals surface area contributed by atoms with E-state index >= 15 is 0 Å². The van der Waals surface area contributed by atoms with E-state index in [4.69, 9.17) is 5.73 Å².